The number of alkyl halides is 1. The topological polar surface area (TPSA) is 25.8 Å². The molecule has 0 N–H and O–H groups in total. The molecule has 50 valence electrons. The van der Waals surface area contributed by atoms with E-state index in [4.69, 9.17) is 0 Å². The minimum Gasteiger partial charge on any atom is -0.143 e. The van der Waals surface area contributed by atoms with Crippen molar-refractivity contribution in [3.63, 3.8) is 0 Å². The molecule has 0 radical (unpaired) electrons. The second kappa shape index (κ2) is 3.95. The second-order valence-corrected chi connectivity index (χ2v) is 3.09. The first-order chi connectivity index (χ1) is 4.43. The lowest BCUT2D eigenvalue weighted by Crippen LogP contribution is -1.85. The van der Waals surface area contributed by atoms with Crippen LogP contribution in [0.25, 0.3) is 0 Å². The van der Waals surface area contributed by atoms with Gasteiger partial charge in [-0.15, -0.1) is 5.10 Å². The molecule has 0 aliphatic carbocycles. The zero-order valence-electron chi connectivity index (χ0n) is 4.88. The summed E-state index contributed by atoms with van der Waals surface area (Å²) in [4.78, 5) is 0. The maximum absolute atomic E-state index is 3.90. The molecule has 0 spiro atoms. The molecule has 0 fully saturated rings. The van der Waals surface area contributed by atoms with Gasteiger partial charge in [0.05, 0.1) is 5.69 Å². The highest BCUT2D eigenvalue weighted by Gasteiger charge is 1.92. The molecule has 0 saturated carbocycles. The normalized spacial score (nSPS) is 9.89. The third kappa shape index (κ3) is 2.41. The molecule has 1 aromatic rings. The summed E-state index contributed by atoms with van der Waals surface area (Å²) >= 11 is 4.76. The Morgan fingerprint density at radius 3 is 3.11 bits per heavy atom. The SMILES string of the molecule is BrCCCc1csnn1. The summed E-state index contributed by atoms with van der Waals surface area (Å²) < 4.78 is 3.75. The Kier molecular flexibility index (Phi) is 3.14. The number of aryl methyl sites for hydroxylation is 1. The molecule has 1 rings (SSSR count). The van der Waals surface area contributed by atoms with E-state index < -0.39 is 0 Å². The molecule has 1 heterocycles. The molecular weight excluding hydrogens is 200 g/mol. The molecule has 0 aromatic carbocycles. The van der Waals surface area contributed by atoms with E-state index in [1.54, 1.807) is 0 Å². The zero-order chi connectivity index (χ0) is 6.53. The van der Waals surface area contributed by atoms with Crippen molar-refractivity contribution >= 4 is 27.5 Å². The summed E-state index contributed by atoms with van der Waals surface area (Å²) in [7, 11) is 0. The zero-order valence-corrected chi connectivity index (χ0v) is 7.28. The fraction of sp³-hybridized carbons (Fsp3) is 0.600. The van der Waals surface area contributed by atoms with Gasteiger partial charge in [0.2, 0.25) is 0 Å². The van der Waals surface area contributed by atoms with Crippen molar-refractivity contribution in [1.29, 1.82) is 0 Å². The summed E-state index contributed by atoms with van der Waals surface area (Å²) in [6, 6.07) is 0. The van der Waals surface area contributed by atoms with Crippen molar-refractivity contribution in [3.05, 3.63) is 11.1 Å². The van der Waals surface area contributed by atoms with E-state index in [-0.39, 0.29) is 0 Å². The Morgan fingerprint density at radius 2 is 2.56 bits per heavy atom. The maximum atomic E-state index is 3.90. The minimum atomic E-state index is 1.04. The molecular formula is C5H7BrN2S. The first-order valence-corrected chi connectivity index (χ1v) is 4.71. The van der Waals surface area contributed by atoms with E-state index in [1.807, 2.05) is 5.38 Å². The molecule has 0 atom stereocenters. The van der Waals surface area contributed by atoms with Crippen LogP contribution in [0.4, 0.5) is 0 Å². The van der Waals surface area contributed by atoms with Gasteiger partial charge in [-0.1, -0.05) is 20.4 Å². The largest absolute Gasteiger partial charge is 0.143 e. The van der Waals surface area contributed by atoms with E-state index in [2.05, 4.69) is 25.5 Å². The monoisotopic (exact) mass is 206 g/mol. The number of rotatable bonds is 3. The maximum Gasteiger partial charge on any atom is 0.0755 e. The van der Waals surface area contributed by atoms with Gasteiger partial charge < -0.3 is 0 Å². The van der Waals surface area contributed by atoms with Crippen LogP contribution in [0.5, 0.6) is 0 Å². The van der Waals surface area contributed by atoms with Crippen LogP contribution < -0.4 is 0 Å². The number of hydrogen-bond acceptors (Lipinski definition) is 3. The first-order valence-electron chi connectivity index (χ1n) is 2.75. The Hall–Kier alpha value is 0.0400. The van der Waals surface area contributed by atoms with Gasteiger partial charge in [-0.05, 0) is 24.4 Å². The molecule has 1 aromatic heterocycles. The van der Waals surface area contributed by atoms with E-state index >= 15 is 0 Å². The lowest BCUT2D eigenvalue weighted by atomic mass is 10.3. The van der Waals surface area contributed by atoms with Crippen LogP contribution in [0.3, 0.4) is 0 Å². The number of halogens is 1. The van der Waals surface area contributed by atoms with Gasteiger partial charge in [0.25, 0.3) is 0 Å². The highest BCUT2D eigenvalue weighted by molar-refractivity contribution is 9.09. The minimum absolute atomic E-state index is 1.04. The van der Waals surface area contributed by atoms with E-state index in [0.29, 0.717) is 0 Å². The second-order valence-electron chi connectivity index (χ2n) is 1.69. The lowest BCUT2D eigenvalue weighted by molar-refractivity contribution is 0.882. The van der Waals surface area contributed by atoms with Gasteiger partial charge >= 0.3 is 0 Å². The fourth-order valence-electron chi connectivity index (χ4n) is 0.541. The molecule has 0 unspecified atom stereocenters. The van der Waals surface area contributed by atoms with Crippen molar-refractivity contribution < 1.29 is 0 Å². The third-order valence-corrected chi connectivity index (χ3v) is 2.09. The Labute approximate surface area is 66.6 Å². The van der Waals surface area contributed by atoms with Gasteiger partial charge in [-0.3, -0.25) is 0 Å². The highest BCUT2D eigenvalue weighted by Crippen LogP contribution is 2.01. The lowest BCUT2D eigenvalue weighted by Gasteiger charge is -1.87. The fourth-order valence-corrected chi connectivity index (χ4v) is 1.31. The Bertz CT molecular complexity index is 152. The standard InChI is InChI=1S/C5H7BrN2S/c6-3-1-2-5-4-9-8-7-5/h4H,1-3H2. The van der Waals surface area contributed by atoms with Gasteiger partial charge in [0.15, 0.2) is 0 Å². The Morgan fingerprint density at radius 1 is 1.67 bits per heavy atom. The van der Waals surface area contributed by atoms with Gasteiger partial charge in [-0.25, -0.2) is 0 Å². The Balaban J connectivity index is 2.30. The predicted molar refractivity (Wildman–Crippen MR) is 42.0 cm³/mol. The predicted octanol–water partition coefficient (Wildman–Crippen LogP) is 1.87. The van der Waals surface area contributed by atoms with Gasteiger partial charge in [0, 0.05) is 10.7 Å². The molecule has 0 amide bonds. The van der Waals surface area contributed by atoms with Crippen LogP contribution in [0.15, 0.2) is 5.38 Å². The summed E-state index contributed by atoms with van der Waals surface area (Å²) in [6.45, 7) is 0. The van der Waals surface area contributed by atoms with Crippen LogP contribution in [-0.2, 0) is 6.42 Å². The van der Waals surface area contributed by atoms with Crippen LogP contribution in [0.1, 0.15) is 12.1 Å². The number of nitrogens with zero attached hydrogens (tertiary/aromatic N) is 2. The van der Waals surface area contributed by atoms with Crippen molar-refractivity contribution in [3.8, 4) is 0 Å². The third-order valence-electron chi connectivity index (χ3n) is 0.972. The molecule has 2 nitrogen and oxygen atoms in total. The average Bonchev–Trinajstić information content (AvgIpc) is 2.34. The molecule has 4 heteroatoms. The van der Waals surface area contributed by atoms with Crippen LogP contribution in [0, 0.1) is 0 Å². The van der Waals surface area contributed by atoms with Crippen LogP contribution in [-0.4, -0.2) is 14.9 Å². The molecule has 9 heavy (non-hydrogen) atoms. The summed E-state index contributed by atoms with van der Waals surface area (Å²) in [6.07, 6.45) is 2.19. The average molecular weight is 207 g/mol. The molecule has 0 saturated heterocycles. The first kappa shape index (κ1) is 7.15. The van der Waals surface area contributed by atoms with E-state index in [0.717, 1.165) is 23.9 Å². The number of aromatic nitrogens is 2. The smallest absolute Gasteiger partial charge is 0.0755 e. The van der Waals surface area contributed by atoms with Gasteiger partial charge in [-0.2, -0.15) is 0 Å². The molecule has 0 aliphatic rings. The van der Waals surface area contributed by atoms with Crippen LogP contribution >= 0.6 is 27.5 Å². The van der Waals surface area contributed by atoms with E-state index in [9.17, 15) is 0 Å². The molecule has 0 aliphatic heterocycles. The summed E-state index contributed by atoms with van der Waals surface area (Å²) in [5, 5.41) is 6.94. The highest BCUT2D eigenvalue weighted by atomic mass is 79.9. The summed E-state index contributed by atoms with van der Waals surface area (Å²) in [5.41, 5.74) is 1.11. The van der Waals surface area contributed by atoms with Crippen molar-refractivity contribution in [2.45, 2.75) is 12.8 Å². The van der Waals surface area contributed by atoms with E-state index in [1.165, 1.54) is 11.5 Å². The number of hydrogen-bond donors (Lipinski definition) is 0. The van der Waals surface area contributed by atoms with Crippen molar-refractivity contribution in [1.82, 2.24) is 9.59 Å². The summed E-state index contributed by atoms with van der Waals surface area (Å²) in [5.74, 6) is 0. The van der Waals surface area contributed by atoms with Crippen molar-refractivity contribution in [2.24, 2.45) is 0 Å². The van der Waals surface area contributed by atoms with Crippen molar-refractivity contribution in [2.75, 3.05) is 5.33 Å². The quantitative estimate of drug-likeness (QED) is 0.707. The van der Waals surface area contributed by atoms with Gasteiger partial charge in [0.1, 0.15) is 0 Å². The van der Waals surface area contributed by atoms with Crippen LogP contribution in [0.2, 0.25) is 0 Å². The molecule has 0 bridgehead atoms.